The van der Waals surface area contributed by atoms with E-state index in [-0.39, 0.29) is 13.2 Å². The molecule has 0 spiro atoms. The Kier molecular flexibility index (Phi) is 7.26. The second kappa shape index (κ2) is 9.30. The molecule has 2 aromatic carbocycles. The van der Waals surface area contributed by atoms with Crippen molar-refractivity contribution >= 4 is 12.0 Å². The molecule has 0 radical (unpaired) electrons. The van der Waals surface area contributed by atoms with E-state index in [1.165, 1.54) is 0 Å². The number of carbonyl (C=O) groups is 2. The lowest BCUT2D eigenvalue weighted by atomic mass is 9.67. The van der Waals surface area contributed by atoms with E-state index in [4.69, 9.17) is 15.2 Å². The van der Waals surface area contributed by atoms with E-state index in [9.17, 15) is 9.59 Å². The van der Waals surface area contributed by atoms with Crippen LogP contribution in [0.4, 0.5) is 4.79 Å². The van der Waals surface area contributed by atoms with Gasteiger partial charge >= 0.3 is 6.09 Å². The smallest absolute Gasteiger partial charge is 0.408 e. The van der Waals surface area contributed by atoms with E-state index in [0.717, 1.165) is 11.1 Å². The van der Waals surface area contributed by atoms with E-state index in [1.807, 2.05) is 74.5 Å². The highest BCUT2D eigenvalue weighted by Crippen LogP contribution is 2.36. The minimum atomic E-state index is -1.54. The normalized spacial score (nSPS) is 13.9. The number of nitrogens with one attached hydrogen (secondary N) is 1. The van der Waals surface area contributed by atoms with Crippen molar-refractivity contribution < 1.29 is 19.1 Å². The van der Waals surface area contributed by atoms with Gasteiger partial charge in [-0.05, 0) is 31.9 Å². The van der Waals surface area contributed by atoms with Gasteiger partial charge in [-0.3, -0.25) is 4.79 Å². The number of benzene rings is 2. The van der Waals surface area contributed by atoms with Crippen LogP contribution in [0.3, 0.4) is 0 Å². The van der Waals surface area contributed by atoms with Crippen molar-refractivity contribution in [3.8, 4) is 0 Å². The maximum Gasteiger partial charge on any atom is 0.408 e. The fourth-order valence-electron chi connectivity index (χ4n) is 3.29. The topological polar surface area (TPSA) is 90.7 Å². The lowest BCUT2D eigenvalue weighted by molar-refractivity contribution is -0.131. The number of alkyl carbamates (subject to hydrolysis) is 1. The molecule has 6 heteroatoms. The fourth-order valence-corrected chi connectivity index (χ4v) is 3.29. The molecule has 2 rings (SSSR count). The molecular formula is C24H32N2O4. The van der Waals surface area contributed by atoms with Crippen LogP contribution in [-0.4, -0.2) is 29.7 Å². The SMILES string of the molecule is CC(C)(C)OC(=O)NC(COCc1ccccc1)(C(N)=O)C(C)(C)c1ccccc1. The number of primary amides is 1. The Bertz CT molecular complexity index is 845. The summed E-state index contributed by atoms with van der Waals surface area (Å²) in [5.74, 6) is -0.699. The van der Waals surface area contributed by atoms with Gasteiger partial charge in [0.2, 0.25) is 5.91 Å². The molecule has 1 unspecified atom stereocenters. The van der Waals surface area contributed by atoms with Crippen molar-refractivity contribution in [3.05, 3.63) is 71.8 Å². The van der Waals surface area contributed by atoms with Crippen LogP contribution in [0.2, 0.25) is 0 Å². The summed E-state index contributed by atoms with van der Waals surface area (Å²) in [5.41, 5.74) is 4.54. The van der Waals surface area contributed by atoms with Gasteiger partial charge in [0.1, 0.15) is 5.60 Å². The largest absolute Gasteiger partial charge is 0.444 e. The number of hydrogen-bond donors (Lipinski definition) is 2. The zero-order chi connectivity index (χ0) is 22.4. The Morgan fingerprint density at radius 3 is 1.93 bits per heavy atom. The summed E-state index contributed by atoms with van der Waals surface area (Å²) < 4.78 is 11.3. The van der Waals surface area contributed by atoms with Crippen molar-refractivity contribution in [2.75, 3.05) is 6.61 Å². The minimum absolute atomic E-state index is 0.113. The molecule has 0 saturated heterocycles. The average molecular weight is 413 g/mol. The molecule has 162 valence electrons. The summed E-state index contributed by atoms with van der Waals surface area (Å²) in [7, 11) is 0. The van der Waals surface area contributed by atoms with Gasteiger partial charge in [0.15, 0.2) is 5.54 Å². The van der Waals surface area contributed by atoms with Crippen molar-refractivity contribution in [1.82, 2.24) is 5.32 Å². The standard InChI is InChI=1S/C24H32N2O4/c1-22(2,3)30-21(28)26-24(20(25)27,17-29-16-18-12-8-6-9-13-18)23(4,5)19-14-10-7-11-15-19/h6-15H,16-17H2,1-5H3,(H2,25,27)(H,26,28). The molecule has 2 amide bonds. The van der Waals surface area contributed by atoms with Gasteiger partial charge in [0.25, 0.3) is 0 Å². The molecule has 6 nitrogen and oxygen atoms in total. The first-order chi connectivity index (χ1) is 14.0. The Morgan fingerprint density at radius 1 is 0.900 bits per heavy atom. The highest BCUT2D eigenvalue weighted by molar-refractivity contribution is 5.91. The summed E-state index contributed by atoms with van der Waals surface area (Å²) in [6.45, 7) is 9.15. The third-order valence-corrected chi connectivity index (χ3v) is 5.13. The maximum absolute atomic E-state index is 12.9. The highest BCUT2D eigenvalue weighted by Gasteiger charge is 2.53. The minimum Gasteiger partial charge on any atom is -0.444 e. The molecule has 0 aromatic heterocycles. The molecule has 0 heterocycles. The van der Waals surface area contributed by atoms with Crippen molar-refractivity contribution in [1.29, 1.82) is 0 Å². The molecule has 0 saturated carbocycles. The van der Waals surface area contributed by atoms with Gasteiger partial charge < -0.3 is 20.5 Å². The van der Waals surface area contributed by atoms with Crippen LogP contribution in [0, 0.1) is 0 Å². The molecule has 3 N–H and O–H groups in total. The Hall–Kier alpha value is -2.86. The summed E-state index contributed by atoms with van der Waals surface area (Å²) >= 11 is 0. The first-order valence-electron chi connectivity index (χ1n) is 9.96. The van der Waals surface area contributed by atoms with Crippen LogP contribution < -0.4 is 11.1 Å². The average Bonchev–Trinajstić information content (AvgIpc) is 2.67. The summed E-state index contributed by atoms with van der Waals surface area (Å²) in [6.07, 6.45) is -0.728. The third-order valence-electron chi connectivity index (χ3n) is 5.13. The van der Waals surface area contributed by atoms with E-state index >= 15 is 0 Å². The van der Waals surface area contributed by atoms with Crippen LogP contribution in [0.1, 0.15) is 45.7 Å². The van der Waals surface area contributed by atoms with E-state index in [0.29, 0.717) is 0 Å². The monoisotopic (exact) mass is 412 g/mol. The lowest BCUT2D eigenvalue weighted by Gasteiger charge is -2.45. The van der Waals surface area contributed by atoms with Crippen LogP contribution in [0.15, 0.2) is 60.7 Å². The molecule has 30 heavy (non-hydrogen) atoms. The first kappa shape index (κ1) is 23.4. The number of rotatable bonds is 8. The first-order valence-corrected chi connectivity index (χ1v) is 9.96. The number of ether oxygens (including phenoxy) is 2. The number of amides is 2. The number of nitrogens with two attached hydrogens (primary N) is 1. The van der Waals surface area contributed by atoms with Crippen molar-refractivity contribution in [3.63, 3.8) is 0 Å². The third kappa shape index (κ3) is 5.60. The van der Waals surface area contributed by atoms with Crippen LogP contribution >= 0.6 is 0 Å². The quantitative estimate of drug-likeness (QED) is 0.687. The lowest BCUT2D eigenvalue weighted by Crippen LogP contribution is -2.70. The van der Waals surface area contributed by atoms with E-state index < -0.39 is 28.6 Å². The summed E-state index contributed by atoms with van der Waals surface area (Å²) in [6, 6.07) is 19.0. The predicted molar refractivity (Wildman–Crippen MR) is 117 cm³/mol. The van der Waals surface area contributed by atoms with E-state index in [1.54, 1.807) is 20.8 Å². The van der Waals surface area contributed by atoms with Gasteiger partial charge in [0, 0.05) is 5.41 Å². The molecule has 0 fully saturated rings. The van der Waals surface area contributed by atoms with Crippen LogP contribution in [0.25, 0.3) is 0 Å². The molecule has 1 atom stereocenters. The second-order valence-corrected chi connectivity index (χ2v) is 8.87. The number of hydrogen-bond acceptors (Lipinski definition) is 4. The summed E-state index contributed by atoms with van der Waals surface area (Å²) in [5, 5.41) is 2.75. The Morgan fingerprint density at radius 2 is 1.43 bits per heavy atom. The van der Waals surface area contributed by atoms with Crippen molar-refractivity contribution in [2.24, 2.45) is 5.73 Å². The predicted octanol–water partition coefficient (Wildman–Crippen LogP) is 3.93. The Labute approximate surface area is 178 Å². The molecule has 0 bridgehead atoms. The van der Waals surface area contributed by atoms with Gasteiger partial charge in [-0.2, -0.15) is 0 Å². The van der Waals surface area contributed by atoms with Gasteiger partial charge in [-0.25, -0.2) is 4.79 Å². The highest BCUT2D eigenvalue weighted by atomic mass is 16.6. The van der Waals surface area contributed by atoms with E-state index in [2.05, 4.69) is 5.32 Å². The van der Waals surface area contributed by atoms with Crippen molar-refractivity contribution in [2.45, 2.75) is 57.8 Å². The molecular weight excluding hydrogens is 380 g/mol. The van der Waals surface area contributed by atoms with Gasteiger partial charge in [-0.15, -0.1) is 0 Å². The fraction of sp³-hybridized carbons (Fsp3) is 0.417. The maximum atomic E-state index is 12.9. The zero-order valence-electron chi connectivity index (χ0n) is 18.4. The van der Waals surface area contributed by atoms with Crippen LogP contribution in [0.5, 0.6) is 0 Å². The van der Waals surface area contributed by atoms with Gasteiger partial charge in [0.05, 0.1) is 13.2 Å². The Balaban J connectivity index is 2.39. The van der Waals surface area contributed by atoms with Crippen LogP contribution in [-0.2, 0) is 26.3 Å². The molecule has 2 aromatic rings. The zero-order valence-corrected chi connectivity index (χ0v) is 18.4. The molecule has 0 aliphatic heterocycles. The molecule has 0 aliphatic carbocycles. The second-order valence-electron chi connectivity index (χ2n) is 8.87. The molecule has 0 aliphatic rings. The van der Waals surface area contributed by atoms with Gasteiger partial charge in [-0.1, -0.05) is 74.5 Å². The summed E-state index contributed by atoms with van der Waals surface area (Å²) in [4.78, 5) is 25.6. The number of carbonyl (C=O) groups excluding carboxylic acids is 2.